The lowest BCUT2D eigenvalue weighted by molar-refractivity contribution is -0.139. The van der Waals surface area contributed by atoms with Gasteiger partial charge in [-0.05, 0) is 35.4 Å². The van der Waals surface area contributed by atoms with E-state index in [0.717, 1.165) is 36.3 Å². The van der Waals surface area contributed by atoms with Crippen LogP contribution in [0.25, 0.3) is 21.6 Å². The maximum Gasteiger partial charge on any atom is 0.264 e. The molecule has 36 heavy (non-hydrogen) atoms. The number of halogens is 1. The Morgan fingerprint density at radius 3 is 2.72 bits per heavy atom. The van der Waals surface area contributed by atoms with Crippen molar-refractivity contribution in [2.45, 2.75) is 12.5 Å². The van der Waals surface area contributed by atoms with Crippen LogP contribution < -0.4 is 10.5 Å². The lowest BCUT2D eigenvalue weighted by Crippen LogP contribution is -2.52. The number of hydrogen-bond donors (Lipinski definition) is 1. The minimum absolute atomic E-state index is 0.00343. The normalized spacial score (nSPS) is 17.4. The summed E-state index contributed by atoms with van der Waals surface area (Å²) in [5.41, 5.74) is 16.6. The van der Waals surface area contributed by atoms with Gasteiger partial charge < -0.3 is 24.8 Å². The molecule has 2 aromatic rings. The molecule has 11 nitrogen and oxygen atoms in total. The van der Waals surface area contributed by atoms with Crippen LogP contribution in [0.1, 0.15) is 5.56 Å². The number of hydrogen-bond acceptors (Lipinski definition) is 8. The SMILES string of the molecule is [N-]=[N+]=NCCOCCOCCN1CCN(C(=O)[C@H]2Cc3cc(Cl)cc(-c4ccnc(N)c4)c3O2)CC1. The highest BCUT2D eigenvalue weighted by molar-refractivity contribution is 6.31. The molecule has 0 saturated carbocycles. The number of carbonyl (C=O) groups excluding carboxylic acids is 1. The first-order valence-electron chi connectivity index (χ1n) is 11.9. The monoisotopic (exact) mass is 515 g/mol. The van der Waals surface area contributed by atoms with Gasteiger partial charge in [-0.25, -0.2) is 4.98 Å². The largest absolute Gasteiger partial charge is 0.479 e. The average Bonchev–Trinajstić information content (AvgIpc) is 3.31. The number of nitrogens with two attached hydrogens (primary N) is 1. The topological polar surface area (TPSA) is 139 Å². The predicted molar refractivity (Wildman–Crippen MR) is 136 cm³/mol. The molecule has 0 bridgehead atoms. The highest BCUT2D eigenvalue weighted by atomic mass is 35.5. The maximum absolute atomic E-state index is 13.2. The van der Waals surface area contributed by atoms with E-state index in [2.05, 4.69) is 19.9 Å². The second kappa shape index (κ2) is 12.8. The minimum atomic E-state index is -0.565. The molecular formula is C24H30ClN7O4. The lowest BCUT2D eigenvalue weighted by Gasteiger charge is -2.35. The quantitative estimate of drug-likeness (QED) is 0.210. The van der Waals surface area contributed by atoms with E-state index in [1.165, 1.54) is 0 Å². The van der Waals surface area contributed by atoms with E-state index in [0.29, 0.717) is 69.1 Å². The maximum atomic E-state index is 13.2. The van der Waals surface area contributed by atoms with Crippen LogP contribution in [0, 0.1) is 0 Å². The van der Waals surface area contributed by atoms with Crippen LogP contribution in [0.15, 0.2) is 35.6 Å². The molecule has 1 aromatic carbocycles. The van der Waals surface area contributed by atoms with Gasteiger partial charge in [0.15, 0.2) is 6.10 Å². The van der Waals surface area contributed by atoms with Crippen molar-refractivity contribution in [3.8, 4) is 16.9 Å². The molecule has 2 N–H and O–H groups in total. The molecule has 192 valence electrons. The number of piperazine rings is 1. The van der Waals surface area contributed by atoms with Gasteiger partial charge in [-0.15, -0.1) is 0 Å². The molecule has 2 aliphatic heterocycles. The fourth-order valence-electron chi connectivity index (χ4n) is 4.35. The van der Waals surface area contributed by atoms with E-state index in [1.807, 2.05) is 23.1 Å². The molecule has 0 radical (unpaired) electrons. The number of carbonyl (C=O) groups is 1. The molecule has 1 atom stereocenters. The van der Waals surface area contributed by atoms with Gasteiger partial charge in [-0.2, -0.15) is 0 Å². The van der Waals surface area contributed by atoms with Crippen molar-refractivity contribution in [1.82, 2.24) is 14.8 Å². The van der Waals surface area contributed by atoms with Crippen LogP contribution in [0.4, 0.5) is 5.82 Å². The Hall–Kier alpha value is -3.08. The van der Waals surface area contributed by atoms with E-state index in [9.17, 15) is 4.79 Å². The zero-order valence-electron chi connectivity index (χ0n) is 20.0. The van der Waals surface area contributed by atoms with E-state index >= 15 is 0 Å². The zero-order chi connectivity index (χ0) is 25.3. The Balaban J connectivity index is 1.22. The second-order valence-corrected chi connectivity index (χ2v) is 9.00. The van der Waals surface area contributed by atoms with E-state index in [4.69, 9.17) is 37.1 Å². The van der Waals surface area contributed by atoms with Gasteiger partial charge in [0.25, 0.3) is 5.91 Å². The zero-order valence-corrected chi connectivity index (χ0v) is 20.8. The smallest absolute Gasteiger partial charge is 0.264 e. The Morgan fingerprint density at radius 2 is 1.97 bits per heavy atom. The van der Waals surface area contributed by atoms with Gasteiger partial charge in [-0.1, -0.05) is 16.7 Å². The number of benzene rings is 1. The van der Waals surface area contributed by atoms with Crippen molar-refractivity contribution < 1.29 is 19.0 Å². The molecule has 12 heteroatoms. The molecular weight excluding hydrogens is 486 g/mol. The molecule has 0 aliphatic carbocycles. The van der Waals surface area contributed by atoms with Gasteiger partial charge >= 0.3 is 0 Å². The molecule has 4 rings (SSSR count). The van der Waals surface area contributed by atoms with Crippen molar-refractivity contribution in [2.24, 2.45) is 5.11 Å². The van der Waals surface area contributed by atoms with Crippen LogP contribution in [0.3, 0.4) is 0 Å². The molecule has 1 amide bonds. The summed E-state index contributed by atoms with van der Waals surface area (Å²) in [7, 11) is 0. The summed E-state index contributed by atoms with van der Waals surface area (Å²) < 4.78 is 17.1. The van der Waals surface area contributed by atoms with Gasteiger partial charge in [0.1, 0.15) is 11.6 Å². The van der Waals surface area contributed by atoms with Crippen molar-refractivity contribution in [3.05, 3.63) is 51.5 Å². The number of nitrogen functional groups attached to an aromatic ring is 1. The summed E-state index contributed by atoms with van der Waals surface area (Å²) in [6.45, 7) is 5.92. The third-order valence-corrected chi connectivity index (χ3v) is 6.39. The fraction of sp³-hybridized carbons (Fsp3) is 0.500. The van der Waals surface area contributed by atoms with Crippen LogP contribution in [0.5, 0.6) is 5.75 Å². The third-order valence-electron chi connectivity index (χ3n) is 6.17. The number of aromatic nitrogens is 1. The number of anilines is 1. The number of rotatable bonds is 11. The van der Waals surface area contributed by atoms with E-state index < -0.39 is 6.10 Å². The molecule has 0 unspecified atom stereocenters. The number of amides is 1. The van der Waals surface area contributed by atoms with E-state index in [1.54, 1.807) is 12.3 Å². The van der Waals surface area contributed by atoms with Crippen molar-refractivity contribution in [1.29, 1.82) is 0 Å². The Labute approximate surface area is 214 Å². The average molecular weight is 516 g/mol. The first kappa shape index (κ1) is 26.0. The summed E-state index contributed by atoms with van der Waals surface area (Å²) >= 11 is 6.37. The van der Waals surface area contributed by atoms with Crippen LogP contribution in [0.2, 0.25) is 5.02 Å². The molecule has 0 spiro atoms. The Morgan fingerprint density at radius 1 is 1.19 bits per heavy atom. The van der Waals surface area contributed by atoms with Crippen LogP contribution >= 0.6 is 11.6 Å². The number of ether oxygens (including phenoxy) is 3. The van der Waals surface area contributed by atoms with E-state index in [-0.39, 0.29) is 5.91 Å². The second-order valence-electron chi connectivity index (χ2n) is 8.57. The van der Waals surface area contributed by atoms with Crippen molar-refractivity contribution >= 4 is 23.3 Å². The summed E-state index contributed by atoms with van der Waals surface area (Å²) in [6, 6.07) is 7.31. The predicted octanol–water partition coefficient (Wildman–Crippen LogP) is 2.78. The number of azide groups is 1. The van der Waals surface area contributed by atoms with Crippen molar-refractivity contribution in [3.63, 3.8) is 0 Å². The third kappa shape index (κ3) is 6.77. The highest BCUT2D eigenvalue weighted by Gasteiger charge is 2.35. The molecule has 1 aromatic heterocycles. The summed E-state index contributed by atoms with van der Waals surface area (Å²) in [6.07, 6.45) is 1.56. The summed E-state index contributed by atoms with van der Waals surface area (Å²) in [5.74, 6) is 1.09. The first-order chi connectivity index (χ1) is 17.5. The standard InChI is InChI=1S/C24H30ClN7O4/c25-19-13-18-14-21(36-23(18)20(16-19)17-1-2-28-22(26)15-17)24(33)32-6-4-31(5-7-32)8-10-35-12-11-34-9-3-29-30-27/h1-2,13,15-16,21H,3-12,14H2,(H2,26,28)/t21-/m1/s1. The van der Waals surface area contributed by atoms with Crippen LogP contribution in [-0.4, -0.2) is 92.5 Å². The Kier molecular flexibility index (Phi) is 9.21. The summed E-state index contributed by atoms with van der Waals surface area (Å²) in [5, 5.41) is 3.99. The fourth-order valence-corrected chi connectivity index (χ4v) is 4.59. The number of fused-ring (bicyclic) bond motifs is 1. The van der Waals surface area contributed by atoms with Gasteiger partial charge in [0, 0.05) is 72.9 Å². The molecule has 2 aliphatic rings. The summed E-state index contributed by atoms with van der Waals surface area (Å²) in [4.78, 5) is 24.1. The first-order valence-corrected chi connectivity index (χ1v) is 12.3. The molecule has 1 fully saturated rings. The highest BCUT2D eigenvalue weighted by Crippen LogP contribution is 2.41. The minimum Gasteiger partial charge on any atom is -0.479 e. The molecule has 3 heterocycles. The number of nitrogens with zero attached hydrogens (tertiary/aromatic N) is 6. The van der Waals surface area contributed by atoms with Gasteiger partial charge in [-0.3, -0.25) is 9.69 Å². The van der Waals surface area contributed by atoms with Gasteiger partial charge in [0.2, 0.25) is 0 Å². The van der Waals surface area contributed by atoms with Gasteiger partial charge in [0.05, 0.1) is 26.4 Å². The number of pyridine rings is 1. The van der Waals surface area contributed by atoms with Crippen molar-refractivity contribution in [2.75, 3.05) is 71.4 Å². The molecule has 1 saturated heterocycles. The lowest BCUT2D eigenvalue weighted by atomic mass is 10.0. The van der Waals surface area contributed by atoms with Crippen LogP contribution in [-0.2, 0) is 20.7 Å². The Bertz CT molecular complexity index is 1100.